The third-order valence-electron chi connectivity index (χ3n) is 4.57. The summed E-state index contributed by atoms with van der Waals surface area (Å²) < 4.78 is 32.6. The van der Waals surface area contributed by atoms with E-state index in [2.05, 4.69) is 10.5 Å². The van der Waals surface area contributed by atoms with Crippen LogP contribution in [0.4, 0.5) is 0 Å². The van der Waals surface area contributed by atoms with Crippen LogP contribution in [0.15, 0.2) is 94.9 Å². The molecule has 0 atom stereocenters. The second kappa shape index (κ2) is 11.7. The molecule has 0 aliphatic carbocycles. The third kappa shape index (κ3) is 7.26. The number of nitrogens with two attached hydrogens (primary N) is 1. The van der Waals surface area contributed by atoms with E-state index in [1.54, 1.807) is 66.7 Å². The number of primary amides is 1. The van der Waals surface area contributed by atoms with Gasteiger partial charge in [-0.3, -0.25) is 9.59 Å². The molecule has 3 aromatic rings. The molecule has 176 valence electrons. The molecule has 0 aromatic heterocycles. The van der Waals surface area contributed by atoms with Gasteiger partial charge in [-0.2, -0.15) is 9.41 Å². The number of hydrogen-bond acceptors (Lipinski definition) is 6. The number of nitrogens with one attached hydrogen (secondary N) is 1. The fourth-order valence-electron chi connectivity index (χ4n) is 2.93. The van der Waals surface area contributed by atoms with Crippen molar-refractivity contribution in [2.24, 2.45) is 10.8 Å². The van der Waals surface area contributed by atoms with Crippen LogP contribution in [0.5, 0.6) is 5.75 Å². The lowest BCUT2D eigenvalue weighted by molar-refractivity contribution is -0.121. The number of benzene rings is 3. The van der Waals surface area contributed by atoms with E-state index in [1.165, 1.54) is 18.3 Å². The van der Waals surface area contributed by atoms with Crippen LogP contribution in [0, 0.1) is 0 Å². The van der Waals surface area contributed by atoms with Crippen LogP contribution in [-0.4, -0.2) is 43.9 Å². The first-order chi connectivity index (χ1) is 16.3. The van der Waals surface area contributed by atoms with E-state index in [0.29, 0.717) is 11.3 Å². The second-order valence-corrected chi connectivity index (χ2v) is 9.13. The Labute approximate surface area is 197 Å². The SMILES string of the molecule is NC(=O)COc1ccc(/C=N\NC(=O)CN(Cc2ccccc2)S(=O)(=O)c2ccccc2)cc1. The van der Waals surface area contributed by atoms with Crippen molar-refractivity contribution in [1.29, 1.82) is 0 Å². The quantitative estimate of drug-likeness (QED) is 0.320. The Morgan fingerprint density at radius 3 is 2.18 bits per heavy atom. The van der Waals surface area contributed by atoms with Gasteiger partial charge < -0.3 is 10.5 Å². The van der Waals surface area contributed by atoms with Gasteiger partial charge in [-0.15, -0.1) is 0 Å². The summed E-state index contributed by atoms with van der Waals surface area (Å²) in [6, 6.07) is 23.6. The van der Waals surface area contributed by atoms with Crippen LogP contribution in [0.25, 0.3) is 0 Å². The lowest BCUT2D eigenvalue weighted by Gasteiger charge is -2.21. The van der Waals surface area contributed by atoms with Crippen molar-refractivity contribution in [1.82, 2.24) is 9.73 Å². The number of ether oxygens (including phenoxy) is 1. The van der Waals surface area contributed by atoms with Crippen LogP contribution in [0.2, 0.25) is 0 Å². The molecule has 0 aliphatic heterocycles. The zero-order valence-corrected chi connectivity index (χ0v) is 19.0. The molecule has 2 amide bonds. The van der Waals surface area contributed by atoms with Crippen molar-refractivity contribution in [2.75, 3.05) is 13.2 Å². The number of amides is 2. The molecule has 3 aromatic carbocycles. The third-order valence-corrected chi connectivity index (χ3v) is 6.37. The molecule has 34 heavy (non-hydrogen) atoms. The van der Waals surface area contributed by atoms with Crippen molar-refractivity contribution >= 4 is 28.1 Å². The number of carbonyl (C=O) groups is 2. The molecule has 0 saturated carbocycles. The molecular weight excluding hydrogens is 456 g/mol. The van der Waals surface area contributed by atoms with Crippen LogP contribution in [0.1, 0.15) is 11.1 Å². The normalized spacial score (nSPS) is 11.4. The molecule has 3 rings (SSSR count). The highest BCUT2D eigenvalue weighted by Crippen LogP contribution is 2.18. The Morgan fingerprint density at radius 2 is 1.56 bits per heavy atom. The van der Waals surface area contributed by atoms with E-state index in [9.17, 15) is 18.0 Å². The number of hydrogen-bond donors (Lipinski definition) is 2. The summed E-state index contributed by atoms with van der Waals surface area (Å²) in [5.41, 5.74) is 8.80. The fraction of sp³-hybridized carbons (Fsp3) is 0.125. The molecule has 0 aliphatic rings. The first-order valence-electron chi connectivity index (χ1n) is 10.3. The summed E-state index contributed by atoms with van der Waals surface area (Å²) in [6.07, 6.45) is 1.41. The van der Waals surface area contributed by atoms with E-state index in [4.69, 9.17) is 10.5 Å². The van der Waals surface area contributed by atoms with Crippen molar-refractivity contribution < 1.29 is 22.7 Å². The minimum atomic E-state index is -3.91. The standard InChI is InChI=1S/C24H24N4O5S/c25-23(29)18-33-21-13-11-19(12-14-21)15-26-27-24(30)17-28(16-20-7-3-1-4-8-20)34(31,32)22-9-5-2-6-10-22/h1-15H,16-18H2,(H2,25,29)(H,27,30)/b26-15-. The number of carbonyl (C=O) groups excluding carboxylic acids is 2. The molecule has 0 spiro atoms. The zero-order chi connectivity index (χ0) is 24.4. The number of sulfonamides is 1. The summed E-state index contributed by atoms with van der Waals surface area (Å²) in [6.45, 7) is -0.611. The van der Waals surface area contributed by atoms with E-state index >= 15 is 0 Å². The smallest absolute Gasteiger partial charge is 0.255 e. The maximum absolute atomic E-state index is 13.2. The van der Waals surface area contributed by atoms with Gasteiger partial charge in [0.15, 0.2) is 6.61 Å². The van der Waals surface area contributed by atoms with Crippen LogP contribution in [-0.2, 0) is 26.2 Å². The Kier molecular flexibility index (Phi) is 8.49. The predicted octanol–water partition coefficient (Wildman–Crippen LogP) is 1.89. The van der Waals surface area contributed by atoms with Gasteiger partial charge in [0, 0.05) is 6.54 Å². The highest BCUT2D eigenvalue weighted by atomic mass is 32.2. The highest BCUT2D eigenvalue weighted by Gasteiger charge is 2.26. The molecule has 3 N–H and O–H groups in total. The average molecular weight is 481 g/mol. The summed E-state index contributed by atoms with van der Waals surface area (Å²) in [5.74, 6) is -0.709. The highest BCUT2D eigenvalue weighted by molar-refractivity contribution is 7.89. The largest absolute Gasteiger partial charge is 0.484 e. The molecule has 0 radical (unpaired) electrons. The maximum atomic E-state index is 13.2. The Balaban J connectivity index is 1.66. The zero-order valence-electron chi connectivity index (χ0n) is 18.2. The molecule has 0 heterocycles. The summed E-state index contributed by atoms with van der Waals surface area (Å²) in [7, 11) is -3.91. The predicted molar refractivity (Wildman–Crippen MR) is 127 cm³/mol. The monoisotopic (exact) mass is 480 g/mol. The van der Waals surface area contributed by atoms with Gasteiger partial charge in [-0.05, 0) is 47.5 Å². The van der Waals surface area contributed by atoms with Gasteiger partial charge >= 0.3 is 0 Å². The lowest BCUT2D eigenvalue weighted by Crippen LogP contribution is -2.39. The second-order valence-electron chi connectivity index (χ2n) is 7.19. The van der Waals surface area contributed by atoms with Gasteiger partial charge in [-0.1, -0.05) is 48.5 Å². The van der Waals surface area contributed by atoms with Gasteiger partial charge in [0.2, 0.25) is 10.0 Å². The summed E-state index contributed by atoms with van der Waals surface area (Å²) in [4.78, 5) is 23.4. The van der Waals surface area contributed by atoms with Crippen molar-refractivity contribution in [3.8, 4) is 5.75 Å². The van der Waals surface area contributed by atoms with Crippen LogP contribution < -0.4 is 15.9 Å². The van der Waals surface area contributed by atoms with E-state index < -0.39 is 28.4 Å². The first kappa shape index (κ1) is 24.6. The molecular formula is C24H24N4O5S. The fourth-order valence-corrected chi connectivity index (χ4v) is 4.34. The minimum absolute atomic E-state index is 0.0297. The molecule has 0 saturated heterocycles. The van der Waals surface area contributed by atoms with Gasteiger partial charge in [0.05, 0.1) is 17.7 Å². The maximum Gasteiger partial charge on any atom is 0.255 e. The summed E-state index contributed by atoms with van der Waals surface area (Å²) >= 11 is 0. The van der Waals surface area contributed by atoms with Crippen molar-refractivity contribution in [3.05, 3.63) is 96.1 Å². The van der Waals surface area contributed by atoms with E-state index in [-0.39, 0.29) is 18.0 Å². The molecule has 10 heteroatoms. The molecule has 0 unspecified atom stereocenters. The molecule has 0 bridgehead atoms. The number of nitrogens with zero attached hydrogens (tertiary/aromatic N) is 2. The lowest BCUT2D eigenvalue weighted by atomic mass is 10.2. The molecule has 0 fully saturated rings. The Bertz CT molecular complexity index is 1230. The molecule has 9 nitrogen and oxygen atoms in total. The van der Waals surface area contributed by atoms with E-state index in [1.807, 2.05) is 6.07 Å². The Morgan fingerprint density at radius 1 is 0.941 bits per heavy atom. The van der Waals surface area contributed by atoms with Crippen molar-refractivity contribution in [3.63, 3.8) is 0 Å². The van der Waals surface area contributed by atoms with Crippen molar-refractivity contribution in [2.45, 2.75) is 11.4 Å². The summed E-state index contributed by atoms with van der Waals surface area (Å²) in [5, 5.41) is 3.90. The van der Waals surface area contributed by atoms with Gasteiger partial charge in [-0.25, -0.2) is 13.8 Å². The number of rotatable bonds is 11. The van der Waals surface area contributed by atoms with Gasteiger partial charge in [0.25, 0.3) is 11.8 Å². The van der Waals surface area contributed by atoms with Crippen LogP contribution >= 0.6 is 0 Å². The minimum Gasteiger partial charge on any atom is -0.484 e. The first-order valence-corrected chi connectivity index (χ1v) is 11.7. The van der Waals surface area contributed by atoms with Gasteiger partial charge in [0.1, 0.15) is 5.75 Å². The Hall–Kier alpha value is -4.02. The average Bonchev–Trinajstić information content (AvgIpc) is 2.84. The topological polar surface area (TPSA) is 131 Å². The van der Waals surface area contributed by atoms with E-state index in [0.717, 1.165) is 9.87 Å². The number of hydrazone groups is 1. The van der Waals surface area contributed by atoms with Crippen LogP contribution in [0.3, 0.4) is 0 Å².